The highest BCUT2D eigenvalue weighted by atomic mass is 32.2. The molecule has 3 aliphatic rings. The number of rotatable bonds is 6. The maximum absolute atomic E-state index is 13.7. The van der Waals surface area contributed by atoms with Crippen molar-refractivity contribution in [3.8, 4) is 0 Å². The van der Waals surface area contributed by atoms with E-state index in [0.29, 0.717) is 5.92 Å². The number of benzene rings is 2. The Morgan fingerprint density at radius 3 is 2.19 bits per heavy atom. The first-order valence-electron chi connectivity index (χ1n) is 11.9. The van der Waals surface area contributed by atoms with Crippen LogP contribution in [0.4, 0.5) is 10.5 Å². The minimum absolute atomic E-state index is 0.0495. The fourth-order valence-electron chi connectivity index (χ4n) is 5.89. The molecule has 0 unspecified atom stereocenters. The van der Waals surface area contributed by atoms with Gasteiger partial charge in [0, 0.05) is 22.7 Å². The number of thioether (sulfide) groups is 1. The Bertz CT molecular complexity index is 947. The molecule has 2 saturated carbocycles. The molecule has 1 aliphatic heterocycles. The summed E-state index contributed by atoms with van der Waals surface area (Å²) in [4.78, 5) is 21.7. The fraction of sp³-hybridized carbons (Fsp3) is 0.519. The molecule has 5 heteroatoms. The van der Waals surface area contributed by atoms with E-state index in [1.54, 1.807) is 11.8 Å². The molecule has 2 aliphatic carbocycles. The lowest BCUT2D eigenvalue weighted by atomic mass is 9.68. The van der Waals surface area contributed by atoms with Gasteiger partial charge < -0.3 is 4.90 Å². The van der Waals surface area contributed by atoms with Crippen molar-refractivity contribution in [3.05, 3.63) is 60.2 Å². The zero-order valence-electron chi connectivity index (χ0n) is 19.6. The Labute approximate surface area is 197 Å². The largest absolute Gasteiger partial charge is 0.325 e. The molecule has 1 spiro atoms. The molecular formula is C27H35N3OS. The van der Waals surface area contributed by atoms with Crippen LogP contribution in [0.5, 0.6) is 0 Å². The van der Waals surface area contributed by atoms with Gasteiger partial charge in [-0.15, -0.1) is 11.8 Å². The first-order chi connectivity index (χ1) is 15.5. The summed E-state index contributed by atoms with van der Waals surface area (Å²) in [6, 6.07) is 19.7. The van der Waals surface area contributed by atoms with E-state index < -0.39 is 0 Å². The van der Waals surface area contributed by atoms with Gasteiger partial charge >= 0.3 is 6.03 Å². The summed E-state index contributed by atoms with van der Waals surface area (Å²) >= 11 is 1.74. The molecule has 0 N–H and O–H groups in total. The molecule has 0 bridgehead atoms. The molecule has 1 saturated heterocycles. The molecule has 32 heavy (non-hydrogen) atoms. The third kappa shape index (κ3) is 3.73. The summed E-state index contributed by atoms with van der Waals surface area (Å²) in [5, 5.41) is 0. The third-order valence-electron chi connectivity index (χ3n) is 8.18. The van der Waals surface area contributed by atoms with E-state index in [1.165, 1.54) is 23.3 Å². The summed E-state index contributed by atoms with van der Waals surface area (Å²) in [6.07, 6.45) is 8.90. The number of anilines is 1. The van der Waals surface area contributed by atoms with E-state index in [2.05, 4.69) is 89.6 Å². The second-order valence-electron chi connectivity index (χ2n) is 10.1. The van der Waals surface area contributed by atoms with Crippen LogP contribution >= 0.6 is 11.8 Å². The van der Waals surface area contributed by atoms with Crippen LogP contribution in [0.25, 0.3) is 0 Å². The number of urea groups is 1. The maximum atomic E-state index is 13.7. The van der Waals surface area contributed by atoms with Gasteiger partial charge in [-0.3, -0.25) is 9.80 Å². The first-order valence-corrected chi connectivity index (χ1v) is 13.2. The SMILES string of the molecule is CSc1ccc(N2CC3(CCC(c4ccccc4)(N(C)C)CC3)N(CC3CC3)C2=O)cc1. The normalized spacial score (nSPS) is 28.2. The van der Waals surface area contributed by atoms with Crippen LogP contribution in [-0.2, 0) is 5.54 Å². The number of carbonyl (C=O) groups is 1. The minimum Gasteiger partial charge on any atom is -0.317 e. The van der Waals surface area contributed by atoms with Crippen molar-refractivity contribution in [2.24, 2.45) is 5.92 Å². The van der Waals surface area contributed by atoms with E-state index in [4.69, 9.17) is 0 Å². The van der Waals surface area contributed by atoms with Gasteiger partial charge in [0.1, 0.15) is 0 Å². The highest BCUT2D eigenvalue weighted by Gasteiger charge is 2.55. The molecule has 1 heterocycles. The Kier molecular flexibility index (Phi) is 5.75. The average Bonchev–Trinajstić information content (AvgIpc) is 3.62. The van der Waals surface area contributed by atoms with Gasteiger partial charge in [0.25, 0.3) is 0 Å². The molecule has 0 radical (unpaired) electrons. The monoisotopic (exact) mass is 449 g/mol. The number of hydrogen-bond donors (Lipinski definition) is 0. The predicted molar refractivity (Wildman–Crippen MR) is 133 cm³/mol. The van der Waals surface area contributed by atoms with Crippen molar-refractivity contribution in [1.82, 2.24) is 9.80 Å². The maximum Gasteiger partial charge on any atom is 0.325 e. The van der Waals surface area contributed by atoms with Crippen LogP contribution < -0.4 is 4.90 Å². The lowest BCUT2D eigenvalue weighted by Crippen LogP contribution is -2.55. The van der Waals surface area contributed by atoms with Crippen molar-refractivity contribution in [1.29, 1.82) is 0 Å². The van der Waals surface area contributed by atoms with Crippen LogP contribution in [-0.4, -0.2) is 54.8 Å². The second kappa shape index (κ2) is 8.42. The van der Waals surface area contributed by atoms with E-state index in [0.717, 1.165) is 44.5 Å². The van der Waals surface area contributed by atoms with Crippen molar-refractivity contribution in [2.45, 2.75) is 54.5 Å². The van der Waals surface area contributed by atoms with Gasteiger partial charge in [0.2, 0.25) is 0 Å². The van der Waals surface area contributed by atoms with Gasteiger partial charge in [-0.25, -0.2) is 4.79 Å². The Morgan fingerprint density at radius 1 is 0.969 bits per heavy atom. The zero-order valence-corrected chi connectivity index (χ0v) is 20.4. The molecule has 5 rings (SSSR count). The number of amides is 2. The molecule has 2 amide bonds. The number of carbonyl (C=O) groups excluding carboxylic acids is 1. The van der Waals surface area contributed by atoms with Crippen LogP contribution in [0.15, 0.2) is 59.5 Å². The topological polar surface area (TPSA) is 26.8 Å². The lowest BCUT2D eigenvalue weighted by Gasteiger charge is -2.51. The van der Waals surface area contributed by atoms with Crippen molar-refractivity contribution in [2.75, 3.05) is 38.3 Å². The summed E-state index contributed by atoms with van der Waals surface area (Å²) < 4.78 is 0. The minimum atomic E-state index is -0.0495. The summed E-state index contributed by atoms with van der Waals surface area (Å²) in [5.74, 6) is 0.698. The van der Waals surface area contributed by atoms with Crippen LogP contribution in [0.1, 0.15) is 44.1 Å². The fourth-order valence-corrected chi connectivity index (χ4v) is 6.30. The van der Waals surface area contributed by atoms with Crippen molar-refractivity contribution in [3.63, 3.8) is 0 Å². The lowest BCUT2D eigenvalue weighted by molar-refractivity contribution is 0.0249. The predicted octanol–water partition coefficient (Wildman–Crippen LogP) is 5.83. The van der Waals surface area contributed by atoms with Crippen molar-refractivity contribution < 1.29 is 4.79 Å². The molecular weight excluding hydrogens is 414 g/mol. The molecule has 170 valence electrons. The standard InChI is InChI=1S/C27H35N3OS/c1-28(2)27(22-7-5-4-6-8-22)17-15-26(16-18-27)20-29(23-11-13-24(32-3)14-12-23)25(31)30(26)19-21-9-10-21/h4-8,11-14,21H,9-10,15-20H2,1-3H3. The van der Waals surface area contributed by atoms with Crippen molar-refractivity contribution >= 4 is 23.5 Å². The Hall–Kier alpha value is -1.98. The first kappa shape index (κ1) is 21.8. The third-order valence-corrected chi connectivity index (χ3v) is 8.93. The zero-order chi connectivity index (χ0) is 22.3. The Balaban J connectivity index is 1.43. The van der Waals surface area contributed by atoms with E-state index in [1.807, 2.05) is 0 Å². The van der Waals surface area contributed by atoms with Gasteiger partial charge in [-0.2, -0.15) is 0 Å². The van der Waals surface area contributed by atoms with Crippen LogP contribution in [0.3, 0.4) is 0 Å². The smallest absolute Gasteiger partial charge is 0.317 e. The van der Waals surface area contributed by atoms with Gasteiger partial charge in [-0.05, 0) is 94.6 Å². The molecule has 0 aromatic heterocycles. The van der Waals surface area contributed by atoms with E-state index in [-0.39, 0.29) is 17.1 Å². The average molecular weight is 450 g/mol. The van der Waals surface area contributed by atoms with E-state index >= 15 is 0 Å². The van der Waals surface area contributed by atoms with E-state index in [9.17, 15) is 4.79 Å². The summed E-state index contributed by atoms with van der Waals surface area (Å²) in [7, 11) is 4.43. The van der Waals surface area contributed by atoms with Gasteiger partial charge in [-0.1, -0.05) is 30.3 Å². The molecule has 0 atom stereocenters. The van der Waals surface area contributed by atoms with Crippen LogP contribution in [0, 0.1) is 5.92 Å². The molecule has 3 fully saturated rings. The molecule has 2 aromatic carbocycles. The molecule has 4 nitrogen and oxygen atoms in total. The highest BCUT2D eigenvalue weighted by Crippen LogP contribution is 2.50. The summed E-state index contributed by atoms with van der Waals surface area (Å²) in [5.41, 5.74) is 2.45. The highest BCUT2D eigenvalue weighted by molar-refractivity contribution is 7.98. The van der Waals surface area contributed by atoms with Crippen LogP contribution in [0.2, 0.25) is 0 Å². The molecule has 2 aromatic rings. The number of nitrogens with zero attached hydrogens (tertiary/aromatic N) is 3. The van der Waals surface area contributed by atoms with Gasteiger partial charge in [0.15, 0.2) is 0 Å². The second-order valence-corrected chi connectivity index (χ2v) is 11.0. The quantitative estimate of drug-likeness (QED) is 0.519. The summed E-state index contributed by atoms with van der Waals surface area (Å²) in [6.45, 7) is 1.74. The van der Waals surface area contributed by atoms with Gasteiger partial charge in [0.05, 0.1) is 12.1 Å². The Morgan fingerprint density at radius 2 is 1.62 bits per heavy atom. The number of hydrogen-bond acceptors (Lipinski definition) is 3.